The van der Waals surface area contributed by atoms with Crippen LogP contribution in [0.15, 0.2) is 0 Å². The first-order valence-electron chi connectivity index (χ1n) is 7.63. The molecule has 19 heavy (non-hydrogen) atoms. The van der Waals surface area contributed by atoms with Gasteiger partial charge in [0.2, 0.25) is 0 Å². The van der Waals surface area contributed by atoms with E-state index in [4.69, 9.17) is 0 Å². The van der Waals surface area contributed by atoms with Crippen LogP contribution in [0.2, 0.25) is 0 Å². The van der Waals surface area contributed by atoms with Crippen LogP contribution in [0.4, 0.5) is 0 Å². The summed E-state index contributed by atoms with van der Waals surface area (Å²) in [6.07, 6.45) is 9.76. The molecular formula is C17H26SSe. The van der Waals surface area contributed by atoms with Gasteiger partial charge < -0.3 is 0 Å². The molecule has 2 aromatic rings. The third kappa shape index (κ3) is 3.54. The minimum absolute atomic E-state index is 0.627. The van der Waals surface area contributed by atoms with Gasteiger partial charge in [0.15, 0.2) is 0 Å². The molecule has 0 spiro atoms. The summed E-state index contributed by atoms with van der Waals surface area (Å²) in [6.45, 7) is 9.26. The van der Waals surface area contributed by atoms with Crippen LogP contribution in [-0.4, -0.2) is 14.5 Å². The van der Waals surface area contributed by atoms with Crippen molar-refractivity contribution in [3.63, 3.8) is 0 Å². The summed E-state index contributed by atoms with van der Waals surface area (Å²) in [4.78, 5) is 1.54. The second-order valence-corrected chi connectivity index (χ2v) is 9.39. The van der Waals surface area contributed by atoms with Gasteiger partial charge in [0.1, 0.15) is 0 Å². The molecule has 106 valence electrons. The van der Waals surface area contributed by atoms with E-state index in [1.807, 2.05) is 11.3 Å². The second-order valence-electron chi connectivity index (χ2n) is 5.60. The first-order valence-corrected chi connectivity index (χ1v) is 10.2. The van der Waals surface area contributed by atoms with Gasteiger partial charge in [0.25, 0.3) is 0 Å². The molecule has 0 nitrogen and oxygen atoms in total. The summed E-state index contributed by atoms with van der Waals surface area (Å²) in [5, 5.41) is 0. The zero-order chi connectivity index (χ0) is 13.8. The van der Waals surface area contributed by atoms with Crippen molar-refractivity contribution in [2.45, 2.75) is 72.6 Å². The van der Waals surface area contributed by atoms with Gasteiger partial charge in [0, 0.05) is 0 Å². The molecule has 2 heteroatoms. The second kappa shape index (κ2) is 7.11. The van der Waals surface area contributed by atoms with Crippen molar-refractivity contribution < 1.29 is 0 Å². The number of unbranched alkanes of at least 4 members (excludes halogenated alkanes) is 5. The van der Waals surface area contributed by atoms with Gasteiger partial charge in [0.05, 0.1) is 0 Å². The fourth-order valence-electron chi connectivity index (χ4n) is 2.67. The molecule has 0 fully saturated rings. The quantitative estimate of drug-likeness (QED) is 0.442. The van der Waals surface area contributed by atoms with E-state index in [-0.39, 0.29) is 0 Å². The average molecular weight is 341 g/mol. The van der Waals surface area contributed by atoms with Crippen molar-refractivity contribution in [2.75, 3.05) is 0 Å². The molecule has 0 aliphatic rings. The maximum absolute atomic E-state index is 2.37. The monoisotopic (exact) mass is 342 g/mol. The molecular weight excluding hydrogens is 315 g/mol. The van der Waals surface area contributed by atoms with Crippen LogP contribution in [-0.2, 0) is 6.42 Å². The third-order valence-electron chi connectivity index (χ3n) is 4.06. The summed E-state index contributed by atoms with van der Waals surface area (Å²) in [5.41, 5.74) is 3.30. The predicted molar refractivity (Wildman–Crippen MR) is 90.1 cm³/mol. The van der Waals surface area contributed by atoms with E-state index in [1.165, 1.54) is 44.9 Å². The Kier molecular flexibility index (Phi) is 5.74. The van der Waals surface area contributed by atoms with Crippen LogP contribution in [0.5, 0.6) is 0 Å². The van der Waals surface area contributed by atoms with E-state index >= 15 is 0 Å². The number of fused-ring (bicyclic) bond motifs is 1. The molecule has 2 aromatic heterocycles. The number of aryl methyl sites for hydroxylation is 4. The van der Waals surface area contributed by atoms with Gasteiger partial charge in [-0.1, -0.05) is 0 Å². The summed E-state index contributed by atoms with van der Waals surface area (Å²) in [5.74, 6) is 0. The van der Waals surface area contributed by atoms with Crippen LogP contribution < -0.4 is 0 Å². The predicted octanol–water partition coefficient (Wildman–Crippen LogP) is 5.79. The SMILES string of the molecule is CCCCCCCCc1c(C)[se]c2c(C)c(C)sc12. The molecule has 0 aliphatic heterocycles. The normalized spacial score (nSPS) is 11.6. The maximum atomic E-state index is 2.37. The Hall–Kier alpha value is -0.0405. The fraction of sp³-hybridized carbons (Fsp3) is 0.647. The molecule has 0 radical (unpaired) electrons. The molecule has 0 bridgehead atoms. The van der Waals surface area contributed by atoms with Gasteiger partial charge in [-0.15, -0.1) is 0 Å². The van der Waals surface area contributed by atoms with E-state index < -0.39 is 0 Å². The Morgan fingerprint density at radius 3 is 2.37 bits per heavy atom. The van der Waals surface area contributed by atoms with E-state index in [1.54, 1.807) is 29.4 Å². The Balaban J connectivity index is 1.96. The molecule has 0 amide bonds. The van der Waals surface area contributed by atoms with Crippen LogP contribution in [0.25, 0.3) is 8.96 Å². The van der Waals surface area contributed by atoms with Gasteiger partial charge >= 0.3 is 128 Å². The minimum atomic E-state index is 0.627. The number of hydrogen-bond acceptors (Lipinski definition) is 1. The Morgan fingerprint density at radius 1 is 0.947 bits per heavy atom. The van der Waals surface area contributed by atoms with Crippen molar-refractivity contribution >= 4 is 34.8 Å². The average Bonchev–Trinajstić information content (AvgIpc) is 2.83. The Labute approximate surface area is 128 Å². The van der Waals surface area contributed by atoms with E-state index in [9.17, 15) is 0 Å². The van der Waals surface area contributed by atoms with Gasteiger partial charge in [-0.05, 0) is 0 Å². The molecule has 0 N–H and O–H groups in total. The first-order chi connectivity index (χ1) is 9.15. The van der Waals surface area contributed by atoms with E-state index in [0.717, 1.165) is 0 Å². The van der Waals surface area contributed by atoms with Gasteiger partial charge in [-0.25, -0.2) is 0 Å². The van der Waals surface area contributed by atoms with Crippen molar-refractivity contribution in [2.24, 2.45) is 0 Å². The van der Waals surface area contributed by atoms with Crippen molar-refractivity contribution in [1.82, 2.24) is 0 Å². The van der Waals surface area contributed by atoms with E-state index in [0.29, 0.717) is 14.5 Å². The third-order valence-corrected chi connectivity index (χ3v) is 8.28. The summed E-state index contributed by atoms with van der Waals surface area (Å²) in [7, 11) is 0. The summed E-state index contributed by atoms with van der Waals surface area (Å²) < 4.78 is 5.06. The molecule has 0 unspecified atom stereocenters. The number of thiophene rings is 1. The molecule has 0 atom stereocenters. The summed E-state index contributed by atoms with van der Waals surface area (Å²) >= 11 is 2.67. The zero-order valence-electron chi connectivity index (χ0n) is 12.8. The van der Waals surface area contributed by atoms with Gasteiger partial charge in [-0.2, -0.15) is 0 Å². The van der Waals surface area contributed by atoms with E-state index in [2.05, 4.69) is 27.7 Å². The van der Waals surface area contributed by atoms with Crippen LogP contribution >= 0.6 is 11.3 Å². The molecule has 0 aromatic carbocycles. The molecule has 0 aliphatic carbocycles. The van der Waals surface area contributed by atoms with Crippen molar-refractivity contribution in [1.29, 1.82) is 0 Å². The molecule has 2 rings (SSSR count). The molecule has 2 heterocycles. The van der Waals surface area contributed by atoms with Crippen LogP contribution in [0, 0.1) is 20.8 Å². The first kappa shape index (κ1) is 15.4. The van der Waals surface area contributed by atoms with Crippen LogP contribution in [0.3, 0.4) is 0 Å². The molecule has 0 saturated heterocycles. The summed E-state index contributed by atoms with van der Waals surface area (Å²) in [6, 6.07) is 0. The number of hydrogen-bond donors (Lipinski definition) is 0. The van der Waals surface area contributed by atoms with Crippen molar-refractivity contribution in [3.8, 4) is 0 Å². The van der Waals surface area contributed by atoms with Crippen LogP contribution in [0.1, 0.15) is 65.9 Å². The zero-order valence-corrected chi connectivity index (χ0v) is 15.3. The fourth-order valence-corrected chi connectivity index (χ4v) is 7.05. The number of rotatable bonds is 7. The Bertz CT molecular complexity index is 533. The molecule has 0 saturated carbocycles. The topological polar surface area (TPSA) is 0 Å². The van der Waals surface area contributed by atoms with Crippen molar-refractivity contribution in [3.05, 3.63) is 20.4 Å². The van der Waals surface area contributed by atoms with Gasteiger partial charge in [-0.3, -0.25) is 0 Å². The Morgan fingerprint density at radius 2 is 1.63 bits per heavy atom. The standard InChI is InChI=1S/C17H26SSe/c1-5-6-7-8-9-10-11-15-14(4)19-17-12(2)13(3)18-16(15)17/h5-11H2,1-4H3.